The molecule has 3 heterocycles. The normalized spacial score (nSPS) is 24.2. The second-order valence-corrected chi connectivity index (χ2v) is 8.26. The molecule has 1 aromatic rings. The molecular formula is C18H27N3O3S. The maximum absolute atomic E-state index is 12.7. The van der Waals surface area contributed by atoms with Crippen molar-refractivity contribution in [2.45, 2.75) is 45.4 Å². The van der Waals surface area contributed by atoms with Crippen molar-refractivity contribution in [3.63, 3.8) is 0 Å². The van der Waals surface area contributed by atoms with Gasteiger partial charge in [0.05, 0.1) is 17.8 Å². The Kier molecular flexibility index (Phi) is 5.74. The van der Waals surface area contributed by atoms with E-state index in [-0.39, 0.29) is 23.8 Å². The van der Waals surface area contributed by atoms with E-state index in [2.05, 4.69) is 4.98 Å². The number of carbonyl (C=O) groups is 2. The maximum Gasteiger partial charge on any atom is 0.222 e. The Morgan fingerprint density at radius 3 is 2.96 bits per heavy atom. The molecule has 0 aliphatic carbocycles. The fourth-order valence-electron chi connectivity index (χ4n) is 4.13. The summed E-state index contributed by atoms with van der Waals surface area (Å²) in [4.78, 5) is 33.9. The number of aromatic nitrogens is 1. The molecule has 7 heteroatoms. The fraction of sp³-hybridized carbons (Fsp3) is 0.722. The van der Waals surface area contributed by atoms with E-state index in [0.717, 1.165) is 44.5 Å². The number of aliphatic hydroxyl groups is 1. The molecule has 0 radical (unpaired) electrons. The molecule has 1 N–H and O–H groups in total. The molecule has 0 bridgehead atoms. The Labute approximate surface area is 152 Å². The van der Waals surface area contributed by atoms with Gasteiger partial charge in [0.2, 0.25) is 11.8 Å². The Balaban J connectivity index is 1.59. The van der Waals surface area contributed by atoms with Crippen molar-refractivity contribution in [3.8, 4) is 0 Å². The number of thiazole rings is 1. The Morgan fingerprint density at radius 2 is 2.24 bits per heavy atom. The van der Waals surface area contributed by atoms with Gasteiger partial charge in [0.1, 0.15) is 0 Å². The topological polar surface area (TPSA) is 73.7 Å². The van der Waals surface area contributed by atoms with E-state index in [0.29, 0.717) is 25.9 Å². The monoisotopic (exact) mass is 365 g/mol. The predicted molar refractivity (Wildman–Crippen MR) is 96.3 cm³/mol. The Morgan fingerprint density at radius 1 is 1.40 bits per heavy atom. The number of piperidine rings is 2. The quantitative estimate of drug-likeness (QED) is 0.860. The van der Waals surface area contributed by atoms with Gasteiger partial charge in [0.25, 0.3) is 0 Å². The molecule has 2 saturated heterocycles. The lowest BCUT2D eigenvalue weighted by molar-refractivity contribution is -0.143. The highest BCUT2D eigenvalue weighted by molar-refractivity contribution is 7.09. The predicted octanol–water partition coefficient (Wildman–Crippen LogP) is 1.61. The molecule has 2 aliphatic rings. The molecule has 1 aromatic heterocycles. The first kappa shape index (κ1) is 18.3. The van der Waals surface area contributed by atoms with Crippen molar-refractivity contribution in [3.05, 3.63) is 16.1 Å². The van der Waals surface area contributed by atoms with Crippen LogP contribution in [0.2, 0.25) is 0 Å². The van der Waals surface area contributed by atoms with Crippen LogP contribution in [-0.4, -0.2) is 64.5 Å². The fourth-order valence-corrected chi connectivity index (χ4v) is 4.91. The Hall–Kier alpha value is -1.47. The number of hydrogen-bond donors (Lipinski definition) is 1. The molecule has 6 nitrogen and oxygen atoms in total. The van der Waals surface area contributed by atoms with Gasteiger partial charge in [-0.2, -0.15) is 0 Å². The highest BCUT2D eigenvalue weighted by Gasteiger charge is 2.42. The number of rotatable bonds is 5. The van der Waals surface area contributed by atoms with Crippen molar-refractivity contribution >= 4 is 23.2 Å². The second-order valence-electron chi connectivity index (χ2n) is 7.32. The van der Waals surface area contributed by atoms with E-state index in [1.807, 2.05) is 17.3 Å². The lowest BCUT2D eigenvalue weighted by Crippen LogP contribution is -2.55. The summed E-state index contributed by atoms with van der Waals surface area (Å²) < 4.78 is 0. The summed E-state index contributed by atoms with van der Waals surface area (Å²) in [5.74, 6) is 0.335. The number of β-amino-alcohol motifs (C(OH)–C–C–N with tert-alkyl or cyclic N) is 1. The van der Waals surface area contributed by atoms with Crippen LogP contribution in [0.4, 0.5) is 0 Å². The minimum Gasteiger partial charge on any atom is -0.395 e. The maximum atomic E-state index is 12.7. The third-order valence-corrected chi connectivity index (χ3v) is 6.54. The summed E-state index contributed by atoms with van der Waals surface area (Å²) in [5.41, 5.74) is 2.87. The standard InChI is InChI=1S/C18H27N3O3S/c1-14-15(25-13-19-14)3-4-16(23)20-8-2-6-18(11-20)7-5-17(24)21(12-18)9-10-22/h13,22H,2-12H2,1H3/t18-/m1/s1. The summed E-state index contributed by atoms with van der Waals surface area (Å²) >= 11 is 1.62. The molecule has 1 atom stereocenters. The molecule has 138 valence electrons. The molecule has 3 rings (SSSR count). The minimum atomic E-state index is -0.00132. The third-order valence-electron chi connectivity index (χ3n) is 5.54. The van der Waals surface area contributed by atoms with Crippen LogP contribution in [0.25, 0.3) is 0 Å². The van der Waals surface area contributed by atoms with Crippen LogP contribution in [0.15, 0.2) is 5.51 Å². The first-order valence-electron chi connectivity index (χ1n) is 9.08. The summed E-state index contributed by atoms with van der Waals surface area (Å²) in [7, 11) is 0. The molecule has 1 spiro atoms. The lowest BCUT2D eigenvalue weighted by atomic mass is 9.73. The van der Waals surface area contributed by atoms with E-state index in [9.17, 15) is 14.7 Å². The van der Waals surface area contributed by atoms with Gasteiger partial charge in [0.15, 0.2) is 0 Å². The van der Waals surface area contributed by atoms with Gasteiger partial charge in [-0.1, -0.05) is 0 Å². The molecular weight excluding hydrogens is 338 g/mol. The van der Waals surface area contributed by atoms with E-state index < -0.39 is 0 Å². The molecule has 0 saturated carbocycles. The van der Waals surface area contributed by atoms with Gasteiger partial charge >= 0.3 is 0 Å². The van der Waals surface area contributed by atoms with E-state index in [4.69, 9.17) is 0 Å². The van der Waals surface area contributed by atoms with Crippen LogP contribution < -0.4 is 0 Å². The van der Waals surface area contributed by atoms with Crippen LogP contribution >= 0.6 is 11.3 Å². The van der Waals surface area contributed by atoms with Crippen molar-refractivity contribution < 1.29 is 14.7 Å². The number of nitrogens with zero attached hydrogens (tertiary/aromatic N) is 3. The van der Waals surface area contributed by atoms with Gasteiger partial charge in [-0.05, 0) is 32.6 Å². The van der Waals surface area contributed by atoms with E-state index in [1.54, 1.807) is 16.2 Å². The van der Waals surface area contributed by atoms with Crippen LogP contribution in [0.3, 0.4) is 0 Å². The SMILES string of the molecule is Cc1ncsc1CCC(=O)N1CCC[C@@]2(CCC(=O)N(CCO)C2)C1. The molecule has 0 unspecified atom stereocenters. The van der Waals surface area contributed by atoms with Crippen LogP contribution in [0.1, 0.15) is 42.7 Å². The van der Waals surface area contributed by atoms with Crippen molar-refractivity contribution in [2.75, 3.05) is 32.8 Å². The number of aliphatic hydroxyl groups excluding tert-OH is 1. The highest BCUT2D eigenvalue weighted by atomic mass is 32.1. The van der Waals surface area contributed by atoms with Gasteiger partial charge in [-0.25, -0.2) is 4.98 Å². The number of likely N-dealkylation sites (tertiary alicyclic amines) is 2. The zero-order valence-corrected chi connectivity index (χ0v) is 15.7. The van der Waals surface area contributed by atoms with Crippen LogP contribution in [0.5, 0.6) is 0 Å². The number of amides is 2. The summed E-state index contributed by atoms with van der Waals surface area (Å²) in [6, 6.07) is 0. The Bertz CT molecular complexity index is 633. The van der Waals surface area contributed by atoms with Crippen molar-refractivity contribution in [1.29, 1.82) is 0 Å². The molecule has 25 heavy (non-hydrogen) atoms. The third kappa shape index (κ3) is 4.20. The first-order chi connectivity index (χ1) is 12.0. The molecule has 0 aromatic carbocycles. The second kappa shape index (κ2) is 7.83. The smallest absolute Gasteiger partial charge is 0.222 e. The van der Waals surface area contributed by atoms with Crippen molar-refractivity contribution in [2.24, 2.45) is 5.41 Å². The van der Waals surface area contributed by atoms with Gasteiger partial charge in [-0.15, -0.1) is 11.3 Å². The van der Waals surface area contributed by atoms with Gasteiger partial charge < -0.3 is 14.9 Å². The zero-order chi connectivity index (χ0) is 17.9. The number of aryl methyl sites for hydroxylation is 2. The van der Waals surface area contributed by atoms with Crippen LogP contribution in [-0.2, 0) is 16.0 Å². The van der Waals surface area contributed by atoms with Crippen molar-refractivity contribution in [1.82, 2.24) is 14.8 Å². The zero-order valence-electron chi connectivity index (χ0n) is 14.9. The summed E-state index contributed by atoms with van der Waals surface area (Å²) in [5, 5.41) is 9.18. The highest BCUT2D eigenvalue weighted by Crippen LogP contribution is 2.39. The van der Waals surface area contributed by atoms with E-state index in [1.165, 1.54) is 4.88 Å². The van der Waals surface area contributed by atoms with Gasteiger partial charge in [0, 0.05) is 49.3 Å². The van der Waals surface area contributed by atoms with Crippen LogP contribution in [0, 0.1) is 12.3 Å². The number of hydrogen-bond acceptors (Lipinski definition) is 5. The molecule has 2 aliphatic heterocycles. The largest absolute Gasteiger partial charge is 0.395 e. The molecule has 2 fully saturated rings. The summed E-state index contributed by atoms with van der Waals surface area (Å²) in [6.45, 7) is 4.61. The average Bonchev–Trinajstić information content (AvgIpc) is 3.02. The number of carbonyl (C=O) groups excluding carboxylic acids is 2. The first-order valence-corrected chi connectivity index (χ1v) is 9.96. The summed E-state index contributed by atoms with van der Waals surface area (Å²) in [6.07, 6.45) is 4.71. The molecule has 2 amide bonds. The van der Waals surface area contributed by atoms with E-state index >= 15 is 0 Å². The van der Waals surface area contributed by atoms with Gasteiger partial charge in [-0.3, -0.25) is 9.59 Å². The lowest BCUT2D eigenvalue weighted by Gasteiger charge is -2.48. The average molecular weight is 365 g/mol. The minimum absolute atomic E-state index is 0.00132.